The van der Waals surface area contributed by atoms with E-state index in [2.05, 4.69) is 0 Å². The monoisotopic (exact) mass is 397 g/mol. The summed E-state index contributed by atoms with van der Waals surface area (Å²) in [7, 11) is 0. The van der Waals surface area contributed by atoms with Crippen molar-refractivity contribution in [3.63, 3.8) is 0 Å². The maximum absolute atomic E-state index is 13.0. The van der Waals surface area contributed by atoms with Gasteiger partial charge < -0.3 is 9.80 Å². The average Bonchev–Trinajstić information content (AvgIpc) is 2.74. The van der Waals surface area contributed by atoms with Crippen LogP contribution in [0.25, 0.3) is 6.08 Å². The molecule has 2 amide bonds. The largest absolute Gasteiger partial charge is 0.339 e. The molecule has 0 spiro atoms. The highest BCUT2D eigenvalue weighted by Gasteiger charge is 2.23. The van der Waals surface area contributed by atoms with Gasteiger partial charge in [-0.1, -0.05) is 24.3 Å². The van der Waals surface area contributed by atoms with Crippen LogP contribution in [-0.4, -0.2) is 52.7 Å². The number of nitro benzene ring substituents is 1. The summed E-state index contributed by atoms with van der Waals surface area (Å²) in [5.74, 6) is -0.671. The molecule has 0 radical (unpaired) electrons. The number of nitrogens with zero attached hydrogens (tertiary/aromatic N) is 3. The van der Waals surface area contributed by atoms with Gasteiger partial charge in [-0.3, -0.25) is 19.7 Å². The SMILES string of the molecule is O=C(/C=C/c1ccccc1[N+](=O)[O-])N1CCN(C(=O)Cc2ccc(F)cc2)CC1. The maximum Gasteiger partial charge on any atom is 0.276 e. The van der Waals surface area contributed by atoms with Crippen LogP contribution in [0.3, 0.4) is 0 Å². The van der Waals surface area contributed by atoms with E-state index in [9.17, 15) is 24.1 Å². The van der Waals surface area contributed by atoms with Gasteiger partial charge in [-0.15, -0.1) is 0 Å². The first kappa shape index (κ1) is 20.2. The van der Waals surface area contributed by atoms with Gasteiger partial charge in [-0.25, -0.2) is 4.39 Å². The second kappa shape index (κ2) is 9.09. The van der Waals surface area contributed by atoms with Gasteiger partial charge in [0.2, 0.25) is 11.8 Å². The standard InChI is InChI=1S/C21H20FN3O4/c22-18-8-5-16(6-9-18)15-21(27)24-13-11-23(12-14-24)20(26)10-7-17-3-1-2-4-19(17)25(28)29/h1-10H,11-15H2/b10-7+. The van der Waals surface area contributed by atoms with E-state index < -0.39 is 4.92 Å². The third-order valence-electron chi connectivity index (χ3n) is 4.75. The van der Waals surface area contributed by atoms with E-state index in [1.807, 2.05) is 0 Å². The summed E-state index contributed by atoms with van der Waals surface area (Å²) in [6.45, 7) is 1.58. The summed E-state index contributed by atoms with van der Waals surface area (Å²) in [5, 5.41) is 11.0. The molecule has 1 fully saturated rings. The van der Waals surface area contributed by atoms with Crippen molar-refractivity contribution in [3.8, 4) is 0 Å². The number of halogens is 1. The van der Waals surface area contributed by atoms with Crippen molar-refractivity contribution in [1.82, 2.24) is 9.80 Å². The Kier molecular flexibility index (Phi) is 6.33. The van der Waals surface area contributed by atoms with Crippen molar-refractivity contribution in [2.24, 2.45) is 0 Å². The number of rotatable bonds is 5. The zero-order valence-corrected chi connectivity index (χ0v) is 15.7. The molecule has 2 aromatic carbocycles. The van der Waals surface area contributed by atoms with Crippen LogP contribution in [0.4, 0.5) is 10.1 Å². The van der Waals surface area contributed by atoms with Gasteiger partial charge in [0.25, 0.3) is 5.69 Å². The topological polar surface area (TPSA) is 83.8 Å². The van der Waals surface area contributed by atoms with Gasteiger partial charge in [-0.2, -0.15) is 0 Å². The normalized spacial score (nSPS) is 14.2. The molecule has 8 heteroatoms. The smallest absolute Gasteiger partial charge is 0.276 e. The van der Waals surface area contributed by atoms with Crippen LogP contribution in [-0.2, 0) is 16.0 Å². The van der Waals surface area contributed by atoms with Crippen molar-refractivity contribution in [2.45, 2.75) is 6.42 Å². The van der Waals surface area contributed by atoms with E-state index in [1.165, 1.54) is 30.4 Å². The third kappa shape index (κ3) is 5.25. The highest BCUT2D eigenvalue weighted by molar-refractivity contribution is 5.92. The quantitative estimate of drug-likeness (QED) is 0.441. The molecular weight excluding hydrogens is 377 g/mol. The Morgan fingerprint density at radius 2 is 1.62 bits per heavy atom. The number of nitro groups is 1. The maximum atomic E-state index is 13.0. The minimum absolute atomic E-state index is 0.0623. The molecule has 0 N–H and O–H groups in total. The fraction of sp³-hybridized carbons (Fsp3) is 0.238. The molecule has 3 rings (SSSR count). The predicted octanol–water partition coefficient (Wildman–Crippen LogP) is 2.66. The number of para-hydroxylation sites is 1. The summed E-state index contributed by atoms with van der Waals surface area (Å²) in [4.78, 5) is 38.6. The summed E-state index contributed by atoms with van der Waals surface area (Å²) < 4.78 is 13.0. The Hall–Kier alpha value is -3.55. The summed E-state index contributed by atoms with van der Waals surface area (Å²) in [6.07, 6.45) is 2.94. The lowest BCUT2D eigenvalue weighted by atomic mass is 10.1. The van der Waals surface area contributed by atoms with Crippen molar-refractivity contribution < 1.29 is 18.9 Å². The molecule has 0 bridgehead atoms. The van der Waals surface area contributed by atoms with Crippen LogP contribution in [0, 0.1) is 15.9 Å². The average molecular weight is 397 g/mol. The van der Waals surface area contributed by atoms with E-state index in [4.69, 9.17) is 0 Å². The van der Waals surface area contributed by atoms with Crippen molar-refractivity contribution in [1.29, 1.82) is 0 Å². The minimum Gasteiger partial charge on any atom is -0.339 e. The predicted molar refractivity (Wildman–Crippen MR) is 105 cm³/mol. The molecule has 0 atom stereocenters. The minimum atomic E-state index is -0.490. The number of hydrogen-bond acceptors (Lipinski definition) is 4. The molecule has 0 aromatic heterocycles. The second-order valence-electron chi connectivity index (χ2n) is 6.66. The van der Waals surface area contributed by atoms with Crippen molar-refractivity contribution in [2.75, 3.05) is 26.2 Å². The fourth-order valence-electron chi connectivity index (χ4n) is 3.13. The molecule has 0 unspecified atom stereocenters. The van der Waals surface area contributed by atoms with Gasteiger partial charge >= 0.3 is 0 Å². The van der Waals surface area contributed by atoms with Crippen LogP contribution in [0.1, 0.15) is 11.1 Å². The molecule has 1 heterocycles. The fourth-order valence-corrected chi connectivity index (χ4v) is 3.13. The Morgan fingerprint density at radius 3 is 2.28 bits per heavy atom. The molecule has 0 saturated carbocycles. The van der Waals surface area contributed by atoms with E-state index in [0.29, 0.717) is 31.7 Å². The van der Waals surface area contributed by atoms with E-state index in [0.717, 1.165) is 5.56 Å². The Balaban J connectivity index is 1.53. The zero-order chi connectivity index (χ0) is 20.8. The van der Waals surface area contributed by atoms with Crippen LogP contribution in [0.5, 0.6) is 0 Å². The lowest BCUT2D eigenvalue weighted by Gasteiger charge is -2.34. The van der Waals surface area contributed by atoms with Gasteiger partial charge in [-0.05, 0) is 29.8 Å². The lowest BCUT2D eigenvalue weighted by Crippen LogP contribution is -2.50. The molecule has 1 aliphatic rings. The van der Waals surface area contributed by atoms with Gasteiger partial charge in [0.05, 0.1) is 16.9 Å². The molecule has 1 aliphatic heterocycles. The van der Waals surface area contributed by atoms with Crippen LogP contribution in [0.15, 0.2) is 54.6 Å². The lowest BCUT2D eigenvalue weighted by molar-refractivity contribution is -0.385. The van der Waals surface area contributed by atoms with E-state index in [1.54, 1.807) is 40.1 Å². The molecule has 150 valence electrons. The summed E-state index contributed by atoms with van der Waals surface area (Å²) >= 11 is 0. The third-order valence-corrected chi connectivity index (χ3v) is 4.75. The molecule has 1 saturated heterocycles. The Bertz CT molecular complexity index is 935. The first-order valence-corrected chi connectivity index (χ1v) is 9.16. The number of carbonyl (C=O) groups is 2. The van der Waals surface area contributed by atoms with Crippen molar-refractivity contribution >= 4 is 23.6 Å². The molecule has 2 aromatic rings. The molecule has 0 aliphatic carbocycles. The van der Waals surface area contributed by atoms with E-state index >= 15 is 0 Å². The number of piperazine rings is 1. The van der Waals surface area contributed by atoms with E-state index in [-0.39, 0.29) is 29.7 Å². The number of carbonyl (C=O) groups excluding carboxylic acids is 2. The Labute approximate surface area is 167 Å². The van der Waals surface area contributed by atoms with Gasteiger partial charge in [0.1, 0.15) is 5.82 Å². The molecule has 29 heavy (non-hydrogen) atoms. The van der Waals surface area contributed by atoms with Gasteiger partial charge in [0, 0.05) is 38.3 Å². The van der Waals surface area contributed by atoms with Crippen LogP contribution in [0.2, 0.25) is 0 Å². The second-order valence-corrected chi connectivity index (χ2v) is 6.66. The molecule has 7 nitrogen and oxygen atoms in total. The molecular formula is C21H20FN3O4. The first-order chi connectivity index (χ1) is 13.9. The highest BCUT2D eigenvalue weighted by atomic mass is 19.1. The van der Waals surface area contributed by atoms with Gasteiger partial charge in [0.15, 0.2) is 0 Å². The first-order valence-electron chi connectivity index (χ1n) is 9.16. The highest BCUT2D eigenvalue weighted by Crippen LogP contribution is 2.19. The number of amides is 2. The summed E-state index contributed by atoms with van der Waals surface area (Å²) in [5.41, 5.74) is 1.04. The van der Waals surface area contributed by atoms with Crippen LogP contribution >= 0.6 is 0 Å². The number of benzene rings is 2. The number of hydrogen-bond donors (Lipinski definition) is 0. The zero-order valence-electron chi connectivity index (χ0n) is 15.7. The van der Waals surface area contributed by atoms with Crippen molar-refractivity contribution in [3.05, 3.63) is 81.7 Å². The van der Waals surface area contributed by atoms with Crippen LogP contribution < -0.4 is 0 Å². The Morgan fingerprint density at radius 1 is 1.00 bits per heavy atom. The summed E-state index contributed by atoms with van der Waals surface area (Å²) in [6, 6.07) is 12.0.